The molecule has 0 bridgehead atoms. The van der Waals surface area contributed by atoms with Crippen LogP contribution in [0.2, 0.25) is 0 Å². The van der Waals surface area contributed by atoms with Crippen molar-refractivity contribution in [3.8, 4) is 11.5 Å². The molecule has 1 unspecified atom stereocenters. The third kappa shape index (κ3) is 5.01. The van der Waals surface area contributed by atoms with Gasteiger partial charge in [-0.15, -0.1) is 0 Å². The van der Waals surface area contributed by atoms with Crippen LogP contribution in [0.15, 0.2) is 42.5 Å². The number of rotatable bonds is 7. The van der Waals surface area contributed by atoms with E-state index in [2.05, 4.69) is 16.0 Å². The van der Waals surface area contributed by atoms with E-state index < -0.39 is 0 Å². The molecule has 0 spiro atoms. The van der Waals surface area contributed by atoms with Crippen molar-refractivity contribution in [3.05, 3.63) is 48.0 Å². The van der Waals surface area contributed by atoms with E-state index in [1.54, 1.807) is 36.4 Å². The maximum Gasteiger partial charge on any atom is 0.253 e. The number of fused-ring (bicyclic) bond motifs is 1. The second-order valence-electron chi connectivity index (χ2n) is 7.15. The lowest BCUT2D eigenvalue weighted by atomic mass is 10.1. The number of carbonyl (C=O) groups is 2. The summed E-state index contributed by atoms with van der Waals surface area (Å²) in [7, 11) is 0. The quantitative estimate of drug-likeness (QED) is 0.647. The molecule has 1 fully saturated rings. The van der Waals surface area contributed by atoms with E-state index >= 15 is 0 Å². The van der Waals surface area contributed by atoms with Crippen LogP contribution in [0.5, 0.6) is 11.5 Å². The van der Waals surface area contributed by atoms with Gasteiger partial charge in [0.05, 0.1) is 18.2 Å². The summed E-state index contributed by atoms with van der Waals surface area (Å²) in [4.78, 5) is 24.9. The normalized spacial score (nSPS) is 17.3. The molecule has 2 aliphatic heterocycles. The molecule has 0 aromatic heterocycles. The summed E-state index contributed by atoms with van der Waals surface area (Å²) in [5, 5.41) is 8.77. The van der Waals surface area contributed by atoms with Crippen LogP contribution in [0.1, 0.15) is 23.2 Å². The Morgan fingerprint density at radius 1 is 1.00 bits per heavy atom. The van der Waals surface area contributed by atoms with Crippen LogP contribution in [0.4, 0.5) is 11.4 Å². The summed E-state index contributed by atoms with van der Waals surface area (Å²) in [6.07, 6.45) is 2.06. The van der Waals surface area contributed by atoms with Gasteiger partial charge in [0.2, 0.25) is 5.91 Å². The van der Waals surface area contributed by atoms with Crippen LogP contribution < -0.4 is 25.4 Å². The molecule has 2 heterocycles. The molecule has 2 aromatic carbocycles. The van der Waals surface area contributed by atoms with Gasteiger partial charge in [-0.1, -0.05) is 12.1 Å². The van der Waals surface area contributed by atoms with Crippen molar-refractivity contribution in [1.29, 1.82) is 0 Å². The van der Waals surface area contributed by atoms with Gasteiger partial charge in [0.25, 0.3) is 5.91 Å². The minimum absolute atomic E-state index is 0.0183. The van der Waals surface area contributed by atoms with Crippen molar-refractivity contribution in [3.63, 3.8) is 0 Å². The van der Waals surface area contributed by atoms with Gasteiger partial charge in [0, 0.05) is 30.6 Å². The van der Waals surface area contributed by atoms with Gasteiger partial charge in [-0.3, -0.25) is 9.59 Å². The maximum atomic E-state index is 12.6. The van der Waals surface area contributed by atoms with Crippen molar-refractivity contribution in [2.24, 2.45) is 0 Å². The largest absolute Gasteiger partial charge is 0.486 e. The van der Waals surface area contributed by atoms with E-state index in [0.29, 0.717) is 48.2 Å². The molecule has 0 radical (unpaired) electrons. The minimum atomic E-state index is -0.235. The number of hydrogen-bond acceptors (Lipinski definition) is 6. The van der Waals surface area contributed by atoms with Crippen molar-refractivity contribution >= 4 is 23.2 Å². The Bertz CT molecular complexity index is 911. The Morgan fingerprint density at radius 2 is 1.83 bits per heavy atom. The van der Waals surface area contributed by atoms with E-state index in [0.717, 1.165) is 19.4 Å². The second-order valence-corrected chi connectivity index (χ2v) is 7.15. The molecule has 0 aliphatic carbocycles. The Balaban J connectivity index is 1.32. The van der Waals surface area contributed by atoms with Crippen molar-refractivity contribution in [1.82, 2.24) is 5.32 Å². The first-order chi connectivity index (χ1) is 14.7. The van der Waals surface area contributed by atoms with Crippen LogP contribution in [0.3, 0.4) is 0 Å². The maximum absolute atomic E-state index is 12.6. The molecule has 2 aromatic rings. The molecule has 8 nitrogen and oxygen atoms in total. The summed E-state index contributed by atoms with van der Waals surface area (Å²) in [6.45, 7) is 2.25. The first-order valence-electron chi connectivity index (χ1n) is 10.1. The summed E-state index contributed by atoms with van der Waals surface area (Å²) < 4.78 is 16.6. The average Bonchev–Trinajstić information content (AvgIpc) is 3.30. The van der Waals surface area contributed by atoms with Crippen LogP contribution in [-0.4, -0.2) is 50.8 Å². The number of benzene rings is 2. The highest BCUT2D eigenvalue weighted by Gasteiger charge is 2.18. The standard InChI is InChI=1S/C22H25N3O5/c26-21(25-15-7-8-19-20(12-15)30-11-10-29-19)14-23-18-6-2-1-5-17(18)22(27)24-13-16-4-3-9-28-16/h1-2,5-8,12,16,23H,3-4,9-11,13-14H2,(H,24,27)(H,25,26). The van der Waals surface area contributed by atoms with E-state index in [1.165, 1.54) is 0 Å². The van der Waals surface area contributed by atoms with Gasteiger partial charge in [-0.25, -0.2) is 0 Å². The monoisotopic (exact) mass is 411 g/mol. The summed E-state index contributed by atoms with van der Waals surface area (Å²) in [5.74, 6) is 0.850. The fourth-order valence-electron chi connectivity index (χ4n) is 3.44. The molecule has 8 heteroatoms. The van der Waals surface area contributed by atoms with Gasteiger partial charge < -0.3 is 30.2 Å². The Kier molecular flexibility index (Phi) is 6.34. The number of anilines is 2. The predicted octanol–water partition coefficient (Wildman–Crippen LogP) is 2.42. The summed E-state index contributed by atoms with van der Waals surface area (Å²) in [6, 6.07) is 12.4. The third-order valence-corrected chi connectivity index (χ3v) is 4.95. The van der Waals surface area contributed by atoms with Crippen LogP contribution in [0, 0.1) is 0 Å². The van der Waals surface area contributed by atoms with Gasteiger partial charge >= 0.3 is 0 Å². The zero-order valence-corrected chi connectivity index (χ0v) is 16.6. The fourth-order valence-corrected chi connectivity index (χ4v) is 3.44. The van der Waals surface area contributed by atoms with Gasteiger partial charge in [-0.05, 0) is 37.1 Å². The highest BCUT2D eigenvalue weighted by Crippen LogP contribution is 2.32. The first kappa shape index (κ1) is 20.0. The summed E-state index contributed by atoms with van der Waals surface area (Å²) >= 11 is 0. The van der Waals surface area contributed by atoms with Crippen LogP contribution in [0.25, 0.3) is 0 Å². The molecule has 30 heavy (non-hydrogen) atoms. The van der Waals surface area contributed by atoms with Crippen LogP contribution >= 0.6 is 0 Å². The van der Waals surface area contributed by atoms with Crippen molar-refractivity contribution in [2.75, 3.05) is 43.5 Å². The average molecular weight is 411 g/mol. The molecule has 0 saturated carbocycles. The van der Waals surface area contributed by atoms with Crippen molar-refractivity contribution < 1.29 is 23.8 Å². The lowest BCUT2D eigenvalue weighted by molar-refractivity contribution is -0.114. The van der Waals surface area contributed by atoms with E-state index in [4.69, 9.17) is 14.2 Å². The Hall–Kier alpha value is -3.26. The van der Waals surface area contributed by atoms with E-state index in [1.807, 2.05) is 6.07 Å². The smallest absolute Gasteiger partial charge is 0.253 e. The lowest BCUT2D eigenvalue weighted by Crippen LogP contribution is -2.32. The molecule has 2 amide bonds. The number of carbonyl (C=O) groups excluding carboxylic acids is 2. The third-order valence-electron chi connectivity index (χ3n) is 4.95. The number of hydrogen-bond donors (Lipinski definition) is 3. The number of amides is 2. The highest BCUT2D eigenvalue weighted by molar-refractivity contribution is 6.01. The SMILES string of the molecule is O=C(CNc1ccccc1C(=O)NCC1CCCO1)Nc1ccc2c(c1)OCCO2. The Morgan fingerprint density at radius 3 is 2.67 bits per heavy atom. The highest BCUT2D eigenvalue weighted by atomic mass is 16.6. The van der Waals surface area contributed by atoms with E-state index in [-0.39, 0.29) is 24.5 Å². The zero-order valence-electron chi connectivity index (χ0n) is 16.6. The van der Waals surface area contributed by atoms with E-state index in [9.17, 15) is 9.59 Å². The molecule has 3 N–H and O–H groups in total. The van der Waals surface area contributed by atoms with Crippen molar-refractivity contribution in [2.45, 2.75) is 18.9 Å². The molecule has 1 atom stereocenters. The number of nitrogens with one attached hydrogen (secondary N) is 3. The minimum Gasteiger partial charge on any atom is -0.486 e. The molecule has 1 saturated heterocycles. The molecular formula is C22H25N3O5. The Labute approximate surface area is 174 Å². The molecule has 4 rings (SSSR count). The van der Waals surface area contributed by atoms with Gasteiger partial charge in [-0.2, -0.15) is 0 Å². The molecule has 158 valence electrons. The second kappa shape index (κ2) is 9.49. The first-order valence-corrected chi connectivity index (χ1v) is 10.1. The number of para-hydroxylation sites is 1. The summed E-state index contributed by atoms with van der Waals surface area (Å²) in [5.41, 5.74) is 1.70. The van der Waals surface area contributed by atoms with Gasteiger partial charge in [0.15, 0.2) is 11.5 Å². The fraction of sp³-hybridized carbons (Fsp3) is 0.364. The molecule has 2 aliphatic rings. The predicted molar refractivity (Wildman–Crippen MR) is 112 cm³/mol. The topological polar surface area (TPSA) is 97.9 Å². The molecular weight excluding hydrogens is 386 g/mol. The number of ether oxygens (including phenoxy) is 3. The van der Waals surface area contributed by atoms with Gasteiger partial charge in [0.1, 0.15) is 13.2 Å². The zero-order chi connectivity index (χ0) is 20.8. The van der Waals surface area contributed by atoms with Crippen LogP contribution in [-0.2, 0) is 9.53 Å². The lowest BCUT2D eigenvalue weighted by Gasteiger charge is -2.19.